The molecule has 3 heteroatoms. The van der Waals surface area contributed by atoms with Gasteiger partial charge in [-0.1, -0.05) is 19.9 Å². The zero-order chi connectivity index (χ0) is 12.7. The lowest BCUT2D eigenvalue weighted by atomic mass is 10.0. The molecule has 1 aromatic rings. The Bertz CT molecular complexity index is 341. The van der Waals surface area contributed by atoms with Crippen LogP contribution in [-0.4, -0.2) is 19.7 Å². The van der Waals surface area contributed by atoms with Gasteiger partial charge in [-0.05, 0) is 59.4 Å². The summed E-state index contributed by atoms with van der Waals surface area (Å²) in [6.07, 6.45) is 3.47. The van der Waals surface area contributed by atoms with Gasteiger partial charge in [0, 0.05) is 6.04 Å². The molecule has 1 atom stereocenters. The average Bonchev–Trinajstić information content (AvgIpc) is 2.34. The van der Waals surface area contributed by atoms with Crippen LogP contribution in [0.15, 0.2) is 22.7 Å². The summed E-state index contributed by atoms with van der Waals surface area (Å²) >= 11 is 3.52. The third-order valence-electron chi connectivity index (χ3n) is 2.98. The van der Waals surface area contributed by atoms with E-state index in [4.69, 9.17) is 4.74 Å². The van der Waals surface area contributed by atoms with E-state index >= 15 is 0 Å². The zero-order valence-corrected chi connectivity index (χ0v) is 12.5. The fraction of sp³-hybridized carbons (Fsp3) is 0.571. The minimum atomic E-state index is 0.626. The third kappa shape index (κ3) is 4.68. The number of benzene rings is 1. The highest BCUT2D eigenvalue weighted by atomic mass is 79.9. The summed E-state index contributed by atoms with van der Waals surface area (Å²) in [5, 5.41) is 3.50. The van der Waals surface area contributed by atoms with Crippen molar-refractivity contribution in [1.82, 2.24) is 5.32 Å². The molecule has 1 unspecified atom stereocenters. The molecule has 0 aliphatic carbocycles. The van der Waals surface area contributed by atoms with Gasteiger partial charge in [-0.25, -0.2) is 0 Å². The summed E-state index contributed by atoms with van der Waals surface area (Å²) < 4.78 is 6.26. The molecule has 0 fully saturated rings. The minimum absolute atomic E-state index is 0.626. The van der Waals surface area contributed by atoms with Crippen molar-refractivity contribution in [3.8, 4) is 5.75 Å². The fourth-order valence-corrected chi connectivity index (χ4v) is 2.53. The molecule has 1 aromatic carbocycles. The maximum Gasteiger partial charge on any atom is 0.133 e. The number of methoxy groups -OCH3 is 1. The molecule has 0 aliphatic rings. The van der Waals surface area contributed by atoms with E-state index in [0.717, 1.165) is 23.2 Å². The van der Waals surface area contributed by atoms with Crippen LogP contribution in [0.25, 0.3) is 0 Å². The standard InChI is InChI=1S/C14H22BrNO/c1-4-12(16-5-2)8-6-11-7-9-14(17-3)13(15)10-11/h7,9-10,12,16H,4-6,8H2,1-3H3. The van der Waals surface area contributed by atoms with E-state index in [2.05, 4.69) is 47.2 Å². The van der Waals surface area contributed by atoms with Crippen LogP contribution in [0.5, 0.6) is 5.75 Å². The summed E-state index contributed by atoms with van der Waals surface area (Å²) in [5.41, 5.74) is 1.36. The average molecular weight is 300 g/mol. The van der Waals surface area contributed by atoms with Crippen molar-refractivity contribution in [2.24, 2.45) is 0 Å². The van der Waals surface area contributed by atoms with Gasteiger partial charge in [-0.2, -0.15) is 0 Å². The van der Waals surface area contributed by atoms with Crippen LogP contribution >= 0.6 is 15.9 Å². The van der Waals surface area contributed by atoms with Crippen molar-refractivity contribution in [2.75, 3.05) is 13.7 Å². The Hall–Kier alpha value is -0.540. The summed E-state index contributed by atoms with van der Waals surface area (Å²) in [6, 6.07) is 6.94. The number of aryl methyl sites for hydroxylation is 1. The molecule has 1 rings (SSSR count). The minimum Gasteiger partial charge on any atom is -0.496 e. The second-order valence-corrected chi connectivity index (χ2v) is 5.02. The summed E-state index contributed by atoms with van der Waals surface area (Å²) in [7, 11) is 1.69. The van der Waals surface area contributed by atoms with E-state index in [9.17, 15) is 0 Å². The maximum absolute atomic E-state index is 5.23. The van der Waals surface area contributed by atoms with Crippen molar-refractivity contribution in [1.29, 1.82) is 0 Å². The summed E-state index contributed by atoms with van der Waals surface area (Å²) in [5.74, 6) is 0.896. The summed E-state index contributed by atoms with van der Waals surface area (Å²) in [6.45, 7) is 5.44. The third-order valence-corrected chi connectivity index (χ3v) is 3.60. The zero-order valence-electron chi connectivity index (χ0n) is 10.9. The molecule has 0 radical (unpaired) electrons. The SMILES string of the molecule is CCNC(CC)CCc1ccc(OC)c(Br)c1. The quantitative estimate of drug-likeness (QED) is 0.827. The second kappa shape index (κ2) is 7.72. The lowest BCUT2D eigenvalue weighted by Crippen LogP contribution is -2.28. The van der Waals surface area contributed by atoms with Crippen molar-refractivity contribution in [3.05, 3.63) is 28.2 Å². The Balaban J connectivity index is 2.54. The molecule has 0 saturated heterocycles. The number of halogens is 1. The number of nitrogens with one attached hydrogen (secondary N) is 1. The van der Waals surface area contributed by atoms with Crippen LogP contribution < -0.4 is 10.1 Å². The number of rotatable bonds is 7. The van der Waals surface area contributed by atoms with E-state index < -0.39 is 0 Å². The summed E-state index contributed by atoms with van der Waals surface area (Å²) in [4.78, 5) is 0. The first kappa shape index (κ1) is 14.5. The lowest BCUT2D eigenvalue weighted by Gasteiger charge is -2.15. The molecule has 96 valence electrons. The molecule has 0 saturated carbocycles. The van der Waals surface area contributed by atoms with Crippen molar-refractivity contribution in [2.45, 2.75) is 39.2 Å². The van der Waals surface area contributed by atoms with Gasteiger partial charge in [0.1, 0.15) is 5.75 Å². The first-order chi connectivity index (χ1) is 8.21. The molecule has 1 N–H and O–H groups in total. The normalized spacial score (nSPS) is 12.5. The van der Waals surface area contributed by atoms with Crippen LogP contribution in [-0.2, 0) is 6.42 Å². The van der Waals surface area contributed by atoms with Crippen LogP contribution in [0.1, 0.15) is 32.3 Å². The van der Waals surface area contributed by atoms with Gasteiger partial charge >= 0.3 is 0 Å². The Morgan fingerprint density at radius 3 is 2.65 bits per heavy atom. The molecule has 17 heavy (non-hydrogen) atoms. The van der Waals surface area contributed by atoms with Crippen LogP contribution in [0.3, 0.4) is 0 Å². The van der Waals surface area contributed by atoms with E-state index in [1.165, 1.54) is 18.4 Å². The van der Waals surface area contributed by atoms with Crippen molar-refractivity contribution in [3.63, 3.8) is 0 Å². The van der Waals surface area contributed by atoms with Crippen LogP contribution in [0.4, 0.5) is 0 Å². The Morgan fingerprint density at radius 1 is 1.35 bits per heavy atom. The lowest BCUT2D eigenvalue weighted by molar-refractivity contribution is 0.412. The van der Waals surface area contributed by atoms with Gasteiger partial charge in [0.2, 0.25) is 0 Å². The molecule has 0 bridgehead atoms. The first-order valence-corrected chi connectivity index (χ1v) is 7.06. The van der Waals surface area contributed by atoms with Gasteiger partial charge in [-0.3, -0.25) is 0 Å². The van der Waals surface area contributed by atoms with Gasteiger partial charge in [-0.15, -0.1) is 0 Å². The Morgan fingerprint density at radius 2 is 2.12 bits per heavy atom. The largest absolute Gasteiger partial charge is 0.496 e. The molecule has 0 spiro atoms. The fourth-order valence-electron chi connectivity index (χ4n) is 1.95. The van der Waals surface area contributed by atoms with Crippen LogP contribution in [0, 0.1) is 0 Å². The molecule has 0 aromatic heterocycles. The van der Waals surface area contributed by atoms with E-state index in [0.29, 0.717) is 6.04 Å². The monoisotopic (exact) mass is 299 g/mol. The predicted molar refractivity (Wildman–Crippen MR) is 76.8 cm³/mol. The van der Waals surface area contributed by atoms with Gasteiger partial charge < -0.3 is 10.1 Å². The second-order valence-electron chi connectivity index (χ2n) is 4.17. The number of hydrogen-bond donors (Lipinski definition) is 1. The molecule has 2 nitrogen and oxygen atoms in total. The molecule has 0 aliphatic heterocycles. The van der Waals surface area contributed by atoms with Gasteiger partial charge in [0.05, 0.1) is 11.6 Å². The maximum atomic E-state index is 5.23. The number of ether oxygens (including phenoxy) is 1. The molecular weight excluding hydrogens is 278 g/mol. The molecule has 0 amide bonds. The predicted octanol–water partition coefficient (Wildman–Crippen LogP) is 3.78. The van der Waals surface area contributed by atoms with Crippen LogP contribution in [0.2, 0.25) is 0 Å². The highest BCUT2D eigenvalue weighted by molar-refractivity contribution is 9.10. The topological polar surface area (TPSA) is 21.3 Å². The van der Waals surface area contributed by atoms with Crippen molar-refractivity contribution < 1.29 is 4.74 Å². The molecule has 0 heterocycles. The van der Waals surface area contributed by atoms with Crippen molar-refractivity contribution >= 4 is 15.9 Å². The van der Waals surface area contributed by atoms with Gasteiger partial charge in [0.15, 0.2) is 0 Å². The molecular formula is C14H22BrNO. The number of hydrogen-bond acceptors (Lipinski definition) is 2. The smallest absolute Gasteiger partial charge is 0.133 e. The highest BCUT2D eigenvalue weighted by Crippen LogP contribution is 2.26. The van der Waals surface area contributed by atoms with E-state index in [1.807, 2.05) is 6.07 Å². The van der Waals surface area contributed by atoms with E-state index in [1.54, 1.807) is 7.11 Å². The first-order valence-electron chi connectivity index (χ1n) is 6.27. The van der Waals surface area contributed by atoms with E-state index in [-0.39, 0.29) is 0 Å². The Kier molecular flexibility index (Phi) is 6.60. The highest BCUT2D eigenvalue weighted by Gasteiger charge is 2.06. The Labute approximate surface area is 113 Å². The van der Waals surface area contributed by atoms with Gasteiger partial charge in [0.25, 0.3) is 0 Å².